The van der Waals surface area contributed by atoms with Gasteiger partial charge in [-0.2, -0.15) is 5.10 Å². The van der Waals surface area contributed by atoms with Crippen molar-refractivity contribution in [2.24, 2.45) is 12.0 Å². The minimum atomic E-state index is -2.68. The quantitative estimate of drug-likeness (QED) is 0.242. The lowest BCUT2D eigenvalue weighted by Crippen LogP contribution is -2.60. The van der Waals surface area contributed by atoms with E-state index >= 15 is 0 Å². The molecule has 4 heterocycles. The average Bonchev–Trinajstić information content (AvgIpc) is 3.18. The fourth-order valence-electron chi connectivity index (χ4n) is 4.39. The molecule has 2 aromatic rings. The Hall–Kier alpha value is -2.92. The monoisotopic (exact) mass is 509 g/mol. The highest BCUT2D eigenvalue weighted by atomic mass is 32.2. The zero-order chi connectivity index (χ0) is 25.1. The molecule has 6 rings (SSSR count). The minimum Gasteiger partial charge on any atom is -0.375 e. The molecule has 1 saturated heterocycles. The van der Waals surface area contributed by atoms with Crippen molar-refractivity contribution in [3.05, 3.63) is 41.7 Å². The molecule has 12 heteroatoms. The first kappa shape index (κ1) is 23.5. The maximum absolute atomic E-state index is 13.8. The van der Waals surface area contributed by atoms with Crippen molar-refractivity contribution >= 4 is 29.5 Å². The number of fused-ring (bicyclic) bond motifs is 3. The molecule has 0 bridgehead atoms. The third kappa shape index (κ3) is 4.07. The zero-order valence-electron chi connectivity index (χ0n) is 19.8. The number of aliphatic hydroxyl groups is 3. The first-order valence-electron chi connectivity index (χ1n) is 11.9. The first-order valence-corrected chi connectivity index (χ1v) is 12.7. The van der Waals surface area contributed by atoms with Crippen LogP contribution >= 0.6 is 11.9 Å². The number of likely N-dealkylation sites (tertiary alicyclic amines) is 1. The summed E-state index contributed by atoms with van der Waals surface area (Å²) in [5.41, 5.74) is 0.0530. The largest absolute Gasteiger partial charge is 0.375 e. The van der Waals surface area contributed by atoms with Crippen molar-refractivity contribution < 1.29 is 20.1 Å². The van der Waals surface area contributed by atoms with Crippen LogP contribution in [0.15, 0.2) is 40.5 Å². The van der Waals surface area contributed by atoms with E-state index in [1.165, 1.54) is 35.4 Å². The predicted molar refractivity (Wildman–Crippen MR) is 133 cm³/mol. The summed E-state index contributed by atoms with van der Waals surface area (Å²) in [7, 11) is 1.65. The number of rotatable bonds is 6. The van der Waals surface area contributed by atoms with Crippen LogP contribution in [0.2, 0.25) is 0 Å². The van der Waals surface area contributed by atoms with Crippen LogP contribution in [0.5, 0.6) is 0 Å². The predicted octanol–water partition coefficient (Wildman–Crippen LogP) is 0.00380. The standard InChI is InChI=1S/C24H27N7O4S/c1-28-15-16(13-26-28)24(34,35)31-21(32)19-12-18(36-27-23(33)7-8-23)5-6-20(19)30-17(14-25-22(30)31)4-2-9-29-10-3-11-29/h5-6,12-13,15,17,27,33-35H,3,7-11,14H2,1H3. The number of anilines is 1. The van der Waals surface area contributed by atoms with E-state index < -0.39 is 17.5 Å². The van der Waals surface area contributed by atoms with E-state index in [1.807, 2.05) is 12.1 Å². The summed E-state index contributed by atoms with van der Waals surface area (Å²) in [4.78, 5) is 24.0. The molecular weight excluding hydrogens is 482 g/mol. The normalized spacial score (nSPS) is 22.4. The van der Waals surface area contributed by atoms with E-state index in [1.54, 1.807) is 18.0 Å². The fourth-order valence-corrected chi connectivity index (χ4v) is 5.22. The van der Waals surface area contributed by atoms with Crippen molar-refractivity contribution in [1.29, 1.82) is 0 Å². The van der Waals surface area contributed by atoms with Gasteiger partial charge >= 0.3 is 0 Å². The number of nitrogens with zero attached hydrogens (tertiary/aromatic N) is 6. The SMILES string of the molecule is Cn1cc(C(O)(O)N2C(=O)c3cc(SNC4(O)CC4)ccc3N3C2=NCC3C#CCN2CCC2)cn1. The van der Waals surface area contributed by atoms with Gasteiger partial charge in [-0.3, -0.25) is 19.3 Å². The molecule has 1 aliphatic carbocycles. The van der Waals surface area contributed by atoms with Crippen molar-refractivity contribution in [2.45, 2.75) is 41.8 Å². The Morgan fingerprint density at radius 2 is 2.11 bits per heavy atom. The molecule has 188 valence electrons. The second kappa shape index (κ2) is 8.58. The molecule has 4 N–H and O–H groups in total. The van der Waals surface area contributed by atoms with Crippen molar-refractivity contribution in [3.63, 3.8) is 0 Å². The van der Waals surface area contributed by atoms with Crippen LogP contribution in [0.25, 0.3) is 0 Å². The summed E-state index contributed by atoms with van der Waals surface area (Å²) < 4.78 is 4.45. The Morgan fingerprint density at radius 3 is 2.78 bits per heavy atom. The van der Waals surface area contributed by atoms with Gasteiger partial charge in [0.15, 0.2) is 0 Å². The number of carbonyl (C=O) groups is 1. The van der Waals surface area contributed by atoms with Crippen LogP contribution < -0.4 is 9.62 Å². The lowest BCUT2D eigenvalue weighted by molar-refractivity contribution is -0.234. The Balaban J connectivity index is 1.37. The average molecular weight is 510 g/mol. The number of guanidine groups is 1. The molecule has 0 spiro atoms. The van der Waals surface area contributed by atoms with Crippen LogP contribution in [0, 0.1) is 11.8 Å². The highest BCUT2D eigenvalue weighted by Gasteiger charge is 2.51. The zero-order valence-corrected chi connectivity index (χ0v) is 20.6. The molecule has 0 radical (unpaired) electrons. The van der Waals surface area contributed by atoms with Gasteiger partial charge in [-0.05, 0) is 49.4 Å². The fraction of sp³-hybridized carbons (Fsp3) is 0.458. The number of hydrogen-bond donors (Lipinski definition) is 4. The lowest BCUT2D eigenvalue weighted by Gasteiger charge is -2.42. The summed E-state index contributed by atoms with van der Waals surface area (Å²) in [5, 5.41) is 36.6. The van der Waals surface area contributed by atoms with Gasteiger partial charge in [0.25, 0.3) is 11.8 Å². The Morgan fingerprint density at radius 1 is 1.31 bits per heavy atom. The third-order valence-corrected chi connectivity index (χ3v) is 7.77. The smallest absolute Gasteiger partial charge is 0.287 e. The first-order chi connectivity index (χ1) is 17.2. The molecule has 11 nitrogen and oxygen atoms in total. The van der Waals surface area contributed by atoms with E-state index in [4.69, 9.17) is 0 Å². The summed E-state index contributed by atoms with van der Waals surface area (Å²) in [5.74, 6) is 3.35. The van der Waals surface area contributed by atoms with E-state index in [0.717, 1.165) is 18.0 Å². The number of amides is 1. The highest BCUT2D eigenvalue weighted by Crippen LogP contribution is 2.40. The van der Waals surface area contributed by atoms with Gasteiger partial charge in [-0.25, -0.2) is 14.6 Å². The molecule has 4 aliphatic rings. The molecule has 36 heavy (non-hydrogen) atoms. The van der Waals surface area contributed by atoms with E-state index in [0.29, 0.717) is 36.5 Å². The molecule has 1 aromatic carbocycles. The van der Waals surface area contributed by atoms with Crippen molar-refractivity contribution in [3.8, 4) is 11.8 Å². The van der Waals surface area contributed by atoms with Gasteiger partial charge in [0, 0.05) is 31.2 Å². The topological polar surface area (TPSA) is 130 Å². The highest BCUT2D eigenvalue weighted by molar-refractivity contribution is 7.97. The summed E-state index contributed by atoms with van der Waals surface area (Å²) >= 11 is 1.23. The number of aryl methyl sites for hydroxylation is 1. The Kier molecular flexibility index (Phi) is 5.60. The van der Waals surface area contributed by atoms with E-state index in [-0.39, 0.29) is 23.1 Å². The molecule has 1 atom stereocenters. The van der Waals surface area contributed by atoms with Gasteiger partial charge < -0.3 is 15.3 Å². The van der Waals surface area contributed by atoms with Crippen LogP contribution in [-0.4, -0.2) is 84.7 Å². The second-order valence-electron chi connectivity index (χ2n) is 9.57. The lowest BCUT2D eigenvalue weighted by atomic mass is 10.0. The number of nitrogens with one attached hydrogen (secondary N) is 1. The molecule has 1 unspecified atom stereocenters. The number of benzene rings is 1. The van der Waals surface area contributed by atoms with Gasteiger partial charge in [0.2, 0.25) is 5.96 Å². The summed E-state index contributed by atoms with van der Waals surface area (Å²) in [6, 6.07) is 5.01. The van der Waals surface area contributed by atoms with E-state index in [2.05, 4.69) is 31.6 Å². The maximum Gasteiger partial charge on any atom is 0.287 e. The van der Waals surface area contributed by atoms with Crippen molar-refractivity contribution in [2.75, 3.05) is 31.1 Å². The van der Waals surface area contributed by atoms with Gasteiger partial charge in [-0.1, -0.05) is 11.8 Å². The molecule has 3 aliphatic heterocycles. The Labute approximate surface area is 212 Å². The number of aromatic nitrogens is 2. The summed E-state index contributed by atoms with van der Waals surface area (Å²) in [6.07, 6.45) is 5.28. The van der Waals surface area contributed by atoms with Crippen LogP contribution in [0.1, 0.15) is 35.2 Å². The van der Waals surface area contributed by atoms with Crippen molar-refractivity contribution in [1.82, 2.24) is 24.3 Å². The molecule has 1 aromatic heterocycles. The van der Waals surface area contributed by atoms with Crippen LogP contribution in [0.4, 0.5) is 5.69 Å². The molecule has 1 saturated carbocycles. The Bertz CT molecular complexity index is 1310. The molecule has 1 amide bonds. The van der Waals surface area contributed by atoms with Gasteiger partial charge in [0.05, 0.1) is 36.1 Å². The summed E-state index contributed by atoms with van der Waals surface area (Å²) in [6.45, 7) is 3.04. The van der Waals surface area contributed by atoms with Gasteiger partial charge in [-0.15, -0.1) is 0 Å². The van der Waals surface area contributed by atoms with Gasteiger partial charge in [0.1, 0.15) is 11.8 Å². The third-order valence-electron chi connectivity index (χ3n) is 6.80. The maximum atomic E-state index is 13.8. The van der Waals surface area contributed by atoms with Crippen LogP contribution in [-0.2, 0) is 13.0 Å². The van der Waals surface area contributed by atoms with Crippen LogP contribution in [0.3, 0.4) is 0 Å². The minimum absolute atomic E-state index is 0.0416. The molecular formula is C24H27N7O4S. The van der Waals surface area contributed by atoms with E-state index in [9.17, 15) is 20.1 Å². The number of aliphatic imine (C=N–C) groups is 1. The molecule has 2 fully saturated rings. The number of hydrogen-bond acceptors (Lipinski definition) is 10. The second-order valence-corrected chi connectivity index (χ2v) is 10.5. The number of carbonyl (C=O) groups excluding carboxylic acids is 1.